The summed E-state index contributed by atoms with van der Waals surface area (Å²) in [6, 6.07) is 14.1. The summed E-state index contributed by atoms with van der Waals surface area (Å²) in [6.45, 7) is 3.22. The van der Waals surface area contributed by atoms with E-state index in [1.807, 2.05) is 24.3 Å². The molecule has 0 bridgehead atoms. The van der Waals surface area contributed by atoms with E-state index in [9.17, 15) is 14.7 Å². The second kappa shape index (κ2) is 8.69. The van der Waals surface area contributed by atoms with E-state index >= 15 is 0 Å². The number of aromatic carboxylic acids is 1. The van der Waals surface area contributed by atoms with Crippen molar-refractivity contribution in [2.24, 2.45) is 0 Å². The Morgan fingerprint density at radius 2 is 1.83 bits per heavy atom. The highest BCUT2D eigenvalue weighted by Crippen LogP contribution is 2.26. The Morgan fingerprint density at radius 1 is 1.00 bits per heavy atom. The molecule has 30 heavy (non-hydrogen) atoms. The number of nitrogens with zero attached hydrogens (tertiary/aromatic N) is 3. The first-order chi connectivity index (χ1) is 14.6. The molecule has 3 heterocycles. The number of carbonyl (C=O) groups is 2. The molecule has 0 spiro atoms. The van der Waals surface area contributed by atoms with E-state index in [4.69, 9.17) is 4.42 Å². The first-order valence-electron chi connectivity index (χ1n) is 9.75. The summed E-state index contributed by atoms with van der Waals surface area (Å²) >= 11 is 0. The second-order valence-electron chi connectivity index (χ2n) is 6.98. The van der Waals surface area contributed by atoms with Crippen LogP contribution in [0.25, 0.3) is 0 Å². The molecule has 0 aliphatic carbocycles. The van der Waals surface area contributed by atoms with Gasteiger partial charge in [0.05, 0.1) is 17.5 Å². The Kier molecular flexibility index (Phi) is 5.65. The lowest BCUT2D eigenvalue weighted by Crippen LogP contribution is -2.31. The van der Waals surface area contributed by atoms with Crippen molar-refractivity contribution in [3.63, 3.8) is 0 Å². The number of anilines is 3. The normalized spacial score (nSPS) is 14.3. The van der Waals surface area contributed by atoms with Crippen LogP contribution in [0.4, 0.5) is 17.2 Å². The molecule has 0 atom stereocenters. The fraction of sp³-hybridized carbons (Fsp3) is 0.227. The Morgan fingerprint density at radius 3 is 2.57 bits per heavy atom. The highest BCUT2D eigenvalue weighted by molar-refractivity contribution is 6.06. The number of hydrogen-bond donors (Lipinski definition) is 2. The van der Waals surface area contributed by atoms with Gasteiger partial charge in [0.2, 0.25) is 0 Å². The molecule has 4 rings (SSSR count). The lowest BCUT2D eigenvalue weighted by molar-refractivity contribution is 0.0698. The zero-order chi connectivity index (χ0) is 20.9. The molecule has 1 aromatic carbocycles. The number of furan rings is 1. The molecular weight excluding hydrogens is 384 g/mol. The van der Waals surface area contributed by atoms with E-state index in [2.05, 4.69) is 20.1 Å². The van der Waals surface area contributed by atoms with Crippen LogP contribution in [0.3, 0.4) is 0 Å². The van der Waals surface area contributed by atoms with Gasteiger partial charge < -0.3 is 24.6 Å². The van der Waals surface area contributed by atoms with Crippen LogP contribution >= 0.6 is 0 Å². The number of nitrogens with one attached hydrogen (secondary N) is 1. The van der Waals surface area contributed by atoms with Crippen molar-refractivity contribution in [2.45, 2.75) is 6.42 Å². The fourth-order valence-corrected chi connectivity index (χ4v) is 3.55. The molecule has 1 aliphatic rings. The van der Waals surface area contributed by atoms with Crippen LogP contribution in [-0.4, -0.2) is 48.1 Å². The summed E-state index contributed by atoms with van der Waals surface area (Å²) in [4.78, 5) is 32.9. The van der Waals surface area contributed by atoms with Gasteiger partial charge in [-0.15, -0.1) is 0 Å². The maximum atomic E-state index is 12.2. The van der Waals surface area contributed by atoms with Gasteiger partial charge >= 0.3 is 5.97 Å². The lowest BCUT2D eigenvalue weighted by atomic mass is 10.1. The third-order valence-electron chi connectivity index (χ3n) is 5.06. The van der Waals surface area contributed by atoms with E-state index < -0.39 is 11.9 Å². The van der Waals surface area contributed by atoms with Crippen molar-refractivity contribution >= 4 is 29.1 Å². The summed E-state index contributed by atoms with van der Waals surface area (Å²) in [5.41, 5.74) is 1.09. The highest BCUT2D eigenvalue weighted by atomic mass is 16.4. The molecule has 1 aliphatic heterocycles. The van der Waals surface area contributed by atoms with Crippen LogP contribution in [0, 0.1) is 0 Å². The molecular formula is C22H22N4O4. The van der Waals surface area contributed by atoms with Crippen LogP contribution in [-0.2, 0) is 0 Å². The van der Waals surface area contributed by atoms with E-state index in [-0.39, 0.29) is 17.0 Å². The van der Waals surface area contributed by atoms with E-state index in [1.54, 1.807) is 24.4 Å². The largest absolute Gasteiger partial charge is 0.478 e. The molecule has 2 aromatic heterocycles. The van der Waals surface area contributed by atoms with E-state index in [0.29, 0.717) is 0 Å². The number of benzene rings is 1. The summed E-state index contributed by atoms with van der Waals surface area (Å²) in [5.74, 6) is -0.522. The van der Waals surface area contributed by atoms with Gasteiger partial charge in [-0.25, -0.2) is 9.78 Å². The molecule has 8 heteroatoms. The van der Waals surface area contributed by atoms with Gasteiger partial charge in [-0.3, -0.25) is 4.79 Å². The Hall–Kier alpha value is -3.81. The molecule has 1 amide bonds. The van der Waals surface area contributed by atoms with Crippen molar-refractivity contribution in [2.75, 3.05) is 41.3 Å². The quantitative estimate of drug-likeness (QED) is 0.670. The Labute approximate surface area is 173 Å². The number of hydrogen-bond acceptors (Lipinski definition) is 6. The number of amides is 1. The van der Waals surface area contributed by atoms with Crippen molar-refractivity contribution in [1.82, 2.24) is 4.98 Å². The molecule has 2 N–H and O–H groups in total. The van der Waals surface area contributed by atoms with Crippen LogP contribution < -0.4 is 15.1 Å². The smallest absolute Gasteiger partial charge is 0.337 e. The second-order valence-corrected chi connectivity index (χ2v) is 6.98. The summed E-state index contributed by atoms with van der Waals surface area (Å²) in [7, 11) is 0. The van der Waals surface area contributed by atoms with Gasteiger partial charge in [-0.05, 0) is 48.9 Å². The predicted octanol–water partition coefficient (Wildman–Crippen LogP) is 3.34. The average molecular weight is 406 g/mol. The van der Waals surface area contributed by atoms with Crippen molar-refractivity contribution in [3.8, 4) is 0 Å². The Bertz CT molecular complexity index is 1020. The zero-order valence-electron chi connectivity index (χ0n) is 16.3. The molecule has 8 nitrogen and oxygen atoms in total. The van der Waals surface area contributed by atoms with Gasteiger partial charge in [0.25, 0.3) is 5.91 Å². The molecule has 0 saturated carbocycles. The Balaban J connectivity index is 1.51. The summed E-state index contributed by atoms with van der Waals surface area (Å²) < 4.78 is 5.07. The maximum absolute atomic E-state index is 12.2. The van der Waals surface area contributed by atoms with Crippen molar-refractivity contribution < 1.29 is 19.1 Å². The molecule has 0 radical (unpaired) electrons. The SMILES string of the molecule is O=C(Nc1ccc(N2CCCN(c3ccccn3)CC2)cc1C(=O)O)c1ccco1. The molecule has 0 unspecified atom stereocenters. The standard InChI is InChI=1S/C22H22N4O4/c27-21(19-5-3-14-30-19)24-18-8-7-16(15-17(18)22(28)29)25-10-4-11-26(13-12-25)20-6-1-2-9-23-20/h1-3,5-9,14-15H,4,10-13H2,(H,24,27)(H,28,29). The number of rotatable bonds is 5. The highest BCUT2D eigenvalue weighted by Gasteiger charge is 2.20. The third-order valence-corrected chi connectivity index (χ3v) is 5.06. The average Bonchev–Trinajstić information content (AvgIpc) is 3.19. The van der Waals surface area contributed by atoms with Gasteiger partial charge in [0.1, 0.15) is 5.82 Å². The molecule has 1 saturated heterocycles. The van der Waals surface area contributed by atoms with Gasteiger partial charge in [-0.1, -0.05) is 6.07 Å². The molecule has 1 fully saturated rings. The van der Waals surface area contributed by atoms with Crippen LogP contribution in [0.15, 0.2) is 65.4 Å². The first-order valence-corrected chi connectivity index (χ1v) is 9.75. The number of aromatic nitrogens is 1. The minimum absolute atomic E-state index is 0.0400. The van der Waals surface area contributed by atoms with Crippen LogP contribution in [0.2, 0.25) is 0 Å². The maximum Gasteiger partial charge on any atom is 0.337 e. The zero-order valence-corrected chi connectivity index (χ0v) is 16.3. The topological polar surface area (TPSA) is 98.9 Å². The monoisotopic (exact) mass is 406 g/mol. The number of carboxylic acid groups (broad SMARTS) is 1. The molecule has 3 aromatic rings. The van der Waals surface area contributed by atoms with Crippen molar-refractivity contribution in [3.05, 3.63) is 72.3 Å². The number of pyridine rings is 1. The fourth-order valence-electron chi connectivity index (χ4n) is 3.55. The minimum atomic E-state index is -1.10. The van der Waals surface area contributed by atoms with Crippen molar-refractivity contribution in [1.29, 1.82) is 0 Å². The van der Waals surface area contributed by atoms with E-state index in [0.717, 1.165) is 44.1 Å². The van der Waals surface area contributed by atoms with Gasteiger partial charge in [-0.2, -0.15) is 0 Å². The van der Waals surface area contributed by atoms with Crippen LogP contribution in [0.5, 0.6) is 0 Å². The number of carboxylic acids is 1. The van der Waals surface area contributed by atoms with Crippen LogP contribution in [0.1, 0.15) is 27.3 Å². The lowest BCUT2D eigenvalue weighted by Gasteiger charge is -2.25. The minimum Gasteiger partial charge on any atom is -0.478 e. The first kappa shape index (κ1) is 19.5. The third kappa shape index (κ3) is 4.27. The molecule has 154 valence electrons. The van der Waals surface area contributed by atoms with E-state index in [1.165, 1.54) is 12.3 Å². The predicted molar refractivity (Wildman–Crippen MR) is 113 cm³/mol. The van der Waals surface area contributed by atoms with Gasteiger partial charge in [0, 0.05) is 38.1 Å². The summed E-state index contributed by atoms with van der Waals surface area (Å²) in [6.07, 6.45) is 4.10. The van der Waals surface area contributed by atoms with Gasteiger partial charge in [0.15, 0.2) is 5.76 Å². The number of carbonyl (C=O) groups excluding carboxylic acids is 1. The summed E-state index contributed by atoms with van der Waals surface area (Å²) in [5, 5.41) is 12.3.